The molecule has 1 aliphatic heterocycles. The maximum Gasteiger partial charge on any atom is 0.407 e. The van der Waals surface area contributed by atoms with Crippen LogP contribution in [0.2, 0.25) is 0 Å². The summed E-state index contributed by atoms with van der Waals surface area (Å²) in [5, 5.41) is 11.6. The van der Waals surface area contributed by atoms with Crippen molar-refractivity contribution in [3.63, 3.8) is 0 Å². The number of anilines is 3. The number of rotatable bonds is 16. The summed E-state index contributed by atoms with van der Waals surface area (Å²) in [6.45, 7) is 13.7. The SMILES string of the molecule is COCOc1ccccc1-c1cc(N2CCN(Cc3ccc(OCCCN(C)c4cc(-c5scnc5C)ccc4CNC(=O)OC(C)(C)C)cc3)CC2)c(N)nn1. The van der Waals surface area contributed by atoms with Crippen molar-refractivity contribution >= 4 is 34.6 Å². The van der Waals surface area contributed by atoms with Crippen LogP contribution in [-0.4, -0.2) is 92.1 Å². The number of piperazine rings is 1. The van der Waals surface area contributed by atoms with Crippen LogP contribution in [0.5, 0.6) is 11.5 Å². The number of alkyl carbamates (subject to hydrolysis) is 1. The number of aryl methyl sites for hydroxylation is 1. The summed E-state index contributed by atoms with van der Waals surface area (Å²) in [4.78, 5) is 25.0. The molecule has 0 unspecified atom stereocenters. The first kappa shape index (κ1) is 41.2. The number of nitrogens with zero attached hydrogens (tertiary/aromatic N) is 6. The van der Waals surface area contributed by atoms with E-state index in [9.17, 15) is 4.79 Å². The van der Waals surface area contributed by atoms with Crippen molar-refractivity contribution < 1.29 is 23.7 Å². The number of carbonyl (C=O) groups is 1. The van der Waals surface area contributed by atoms with E-state index in [-0.39, 0.29) is 6.79 Å². The highest BCUT2D eigenvalue weighted by atomic mass is 32.1. The van der Waals surface area contributed by atoms with E-state index in [1.807, 2.05) is 63.5 Å². The maximum absolute atomic E-state index is 12.4. The van der Waals surface area contributed by atoms with Gasteiger partial charge < -0.3 is 39.8 Å². The minimum Gasteiger partial charge on any atom is -0.494 e. The molecule has 3 N–H and O–H groups in total. The molecule has 5 aromatic rings. The monoisotopic (exact) mass is 794 g/mol. The Morgan fingerprint density at radius 2 is 1.75 bits per heavy atom. The number of nitrogens with two attached hydrogens (primary N) is 1. The van der Waals surface area contributed by atoms with Gasteiger partial charge in [-0.05, 0) is 87.2 Å². The van der Waals surface area contributed by atoms with Gasteiger partial charge in [-0.15, -0.1) is 21.5 Å². The molecule has 1 amide bonds. The third-order valence-electron chi connectivity index (χ3n) is 9.57. The van der Waals surface area contributed by atoms with Crippen molar-refractivity contribution in [2.45, 2.75) is 52.8 Å². The van der Waals surface area contributed by atoms with Gasteiger partial charge in [0.15, 0.2) is 12.6 Å². The average molecular weight is 795 g/mol. The lowest BCUT2D eigenvalue weighted by Crippen LogP contribution is -2.46. The summed E-state index contributed by atoms with van der Waals surface area (Å²) in [6, 6.07) is 24.4. The van der Waals surface area contributed by atoms with Crippen LogP contribution in [0, 0.1) is 6.92 Å². The summed E-state index contributed by atoms with van der Waals surface area (Å²) in [7, 11) is 3.67. The molecular formula is C43H54N8O5S. The zero-order valence-electron chi connectivity index (χ0n) is 33.8. The molecule has 57 heavy (non-hydrogen) atoms. The number of benzene rings is 3. The Morgan fingerprint density at radius 1 is 0.982 bits per heavy atom. The third-order valence-corrected chi connectivity index (χ3v) is 10.5. The lowest BCUT2D eigenvalue weighted by atomic mass is 10.1. The topological polar surface area (TPSA) is 140 Å². The van der Waals surface area contributed by atoms with Gasteiger partial charge in [-0.3, -0.25) is 4.90 Å². The minimum atomic E-state index is -0.565. The second kappa shape index (κ2) is 19.1. The van der Waals surface area contributed by atoms with Crippen molar-refractivity contribution in [3.05, 3.63) is 95.1 Å². The lowest BCUT2D eigenvalue weighted by molar-refractivity contribution is 0.0513. The minimum absolute atomic E-state index is 0.147. The van der Waals surface area contributed by atoms with Crippen LogP contribution in [0.4, 0.5) is 22.0 Å². The fourth-order valence-electron chi connectivity index (χ4n) is 6.68. The molecule has 6 rings (SSSR count). The molecule has 302 valence electrons. The maximum atomic E-state index is 12.4. The van der Waals surface area contributed by atoms with E-state index < -0.39 is 11.7 Å². The van der Waals surface area contributed by atoms with E-state index >= 15 is 0 Å². The second-order valence-corrected chi connectivity index (χ2v) is 15.9. The number of carbonyl (C=O) groups excluding carboxylic acids is 1. The zero-order chi connectivity index (χ0) is 40.4. The van der Waals surface area contributed by atoms with Crippen molar-refractivity contribution in [2.24, 2.45) is 0 Å². The highest BCUT2D eigenvalue weighted by Crippen LogP contribution is 2.34. The Morgan fingerprint density at radius 3 is 2.47 bits per heavy atom. The molecule has 1 aliphatic rings. The number of hydrogen-bond donors (Lipinski definition) is 2. The molecule has 0 spiro atoms. The molecule has 0 aliphatic carbocycles. The Kier molecular flexibility index (Phi) is 13.8. The summed E-state index contributed by atoms with van der Waals surface area (Å²) >= 11 is 1.63. The predicted molar refractivity (Wildman–Crippen MR) is 227 cm³/mol. The number of methoxy groups -OCH3 is 1. The molecule has 1 saturated heterocycles. The Hall–Kier alpha value is -5.44. The van der Waals surface area contributed by atoms with Crippen LogP contribution in [-0.2, 0) is 22.6 Å². The second-order valence-electron chi connectivity index (χ2n) is 15.0. The smallest absolute Gasteiger partial charge is 0.407 e. The first-order valence-corrected chi connectivity index (χ1v) is 20.1. The van der Waals surface area contributed by atoms with Crippen molar-refractivity contribution in [2.75, 3.05) is 75.8 Å². The van der Waals surface area contributed by atoms with Gasteiger partial charge in [0, 0.05) is 71.2 Å². The molecule has 0 atom stereocenters. The van der Waals surface area contributed by atoms with Gasteiger partial charge in [0.1, 0.15) is 17.1 Å². The van der Waals surface area contributed by atoms with Crippen LogP contribution in [0.25, 0.3) is 21.7 Å². The Balaban J connectivity index is 0.984. The number of nitrogen functional groups attached to an aromatic ring is 1. The molecule has 14 heteroatoms. The van der Waals surface area contributed by atoms with Crippen LogP contribution >= 0.6 is 11.3 Å². The number of aromatic nitrogens is 3. The van der Waals surface area contributed by atoms with Crippen molar-refractivity contribution in [1.82, 2.24) is 25.4 Å². The standard InChI is InChI=1S/C43H54N8O5S/c1-30-40(57-28-46-30)32-14-15-33(26-45-42(52)56-43(2,3)4)37(24-32)49(5)18-9-23-54-34-16-12-31(13-17-34)27-50-19-21-51(22-20-50)38-25-36(47-48-41(38)44)35-10-7-8-11-39(35)55-29-53-6/h7-8,10-17,24-25,28H,9,18-23,26-27,29H2,1-6H3,(H2,44,48)(H,45,52). The third kappa shape index (κ3) is 11.3. The van der Waals surface area contributed by atoms with E-state index in [2.05, 4.69) is 84.7 Å². The van der Waals surface area contributed by atoms with E-state index in [4.69, 9.17) is 24.7 Å². The van der Waals surface area contributed by atoms with E-state index in [0.717, 1.165) is 90.1 Å². The molecule has 3 aromatic carbocycles. The van der Waals surface area contributed by atoms with E-state index in [0.29, 0.717) is 30.4 Å². The van der Waals surface area contributed by atoms with Crippen LogP contribution in [0.15, 0.2) is 78.3 Å². The predicted octanol–water partition coefficient (Wildman–Crippen LogP) is 7.39. The van der Waals surface area contributed by atoms with E-state index in [1.54, 1.807) is 18.4 Å². The van der Waals surface area contributed by atoms with Gasteiger partial charge in [-0.25, -0.2) is 9.78 Å². The van der Waals surface area contributed by atoms with Gasteiger partial charge in [-0.2, -0.15) is 0 Å². The van der Waals surface area contributed by atoms with Crippen molar-refractivity contribution in [3.8, 4) is 33.2 Å². The number of amides is 1. The lowest BCUT2D eigenvalue weighted by Gasteiger charge is -2.36. The molecule has 3 heterocycles. The Bertz CT molecular complexity index is 2080. The van der Waals surface area contributed by atoms with Gasteiger partial charge in [0.25, 0.3) is 0 Å². The van der Waals surface area contributed by atoms with Gasteiger partial charge in [0.2, 0.25) is 0 Å². The fourth-order valence-corrected chi connectivity index (χ4v) is 7.48. The van der Waals surface area contributed by atoms with Gasteiger partial charge in [-0.1, -0.05) is 36.4 Å². The first-order valence-electron chi connectivity index (χ1n) is 19.2. The number of ether oxygens (including phenoxy) is 4. The average Bonchev–Trinajstić information content (AvgIpc) is 3.64. The summed E-state index contributed by atoms with van der Waals surface area (Å²) in [5.74, 6) is 1.94. The summed E-state index contributed by atoms with van der Waals surface area (Å²) in [6.07, 6.45) is 0.380. The molecule has 0 radical (unpaired) electrons. The fraction of sp³-hybridized carbons (Fsp3) is 0.395. The molecular weight excluding hydrogens is 741 g/mol. The number of thiazole rings is 1. The van der Waals surface area contributed by atoms with Crippen LogP contribution in [0.1, 0.15) is 44.0 Å². The van der Waals surface area contributed by atoms with Gasteiger partial charge >= 0.3 is 6.09 Å². The normalized spacial score (nSPS) is 13.3. The quantitative estimate of drug-likeness (QED) is 0.0760. The number of nitrogens with one attached hydrogen (secondary N) is 1. The Labute approximate surface area is 339 Å². The number of hydrogen-bond acceptors (Lipinski definition) is 13. The highest BCUT2D eigenvalue weighted by molar-refractivity contribution is 7.13. The first-order chi connectivity index (χ1) is 27.5. The largest absolute Gasteiger partial charge is 0.494 e. The van der Waals surface area contributed by atoms with Gasteiger partial charge in [0.05, 0.1) is 34.1 Å². The highest BCUT2D eigenvalue weighted by Gasteiger charge is 2.22. The van der Waals surface area contributed by atoms with Crippen molar-refractivity contribution in [1.29, 1.82) is 0 Å². The zero-order valence-corrected chi connectivity index (χ0v) is 34.6. The van der Waals surface area contributed by atoms with E-state index in [1.165, 1.54) is 5.56 Å². The molecule has 1 fully saturated rings. The summed E-state index contributed by atoms with van der Waals surface area (Å²) < 4.78 is 22.5. The van der Waals surface area contributed by atoms with Crippen LogP contribution < -0.4 is 30.3 Å². The number of para-hydroxylation sites is 1. The van der Waals surface area contributed by atoms with Crippen LogP contribution in [0.3, 0.4) is 0 Å². The summed E-state index contributed by atoms with van der Waals surface area (Å²) in [5.41, 5.74) is 15.4. The molecule has 0 bridgehead atoms. The molecule has 13 nitrogen and oxygen atoms in total. The molecule has 2 aromatic heterocycles. The molecule has 0 saturated carbocycles.